The number of carbonyl (C=O) groups excluding carboxylic acids is 1. The summed E-state index contributed by atoms with van der Waals surface area (Å²) in [5.74, 6) is 1.71. The van der Waals surface area contributed by atoms with E-state index < -0.39 is 0 Å². The Balaban J connectivity index is 0.00000288. The van der Waals surface area contributed by atoms with E-state index in [9.17, 15) is 4.79 Å². The predicted octanol–water partition coefficient (Wildman–Crippen LogP) is 0.759. The molecule has 1 aromatic carbocycles. The predicted molar refractivity (Wildman–Crippen MR) is 87.5 cm³/mol. The SMILES string of the molecule is COc1cc(-c2noc(CNC(=O)CN)n2)cc(OC)c1OC.Cl. The number of aromatic nitrogens is 2. The van der Waals surface area contributed by atoms with Crippen LogP contribution in [0.25, 0.3) is 11.4 Å². The highest BCUT2D eigenvalue weighted by atomic mass is 35.5. The van der Waals surface area contributed by atoms with Crippen molar-refractivity contribution in [3.05, 3.63) is 18.0 Å². The standard InChI is InChI=1S/C14H18N4O5.ClH/c1-20-9-4-8(5-10(21-2)13(9)22-3)14-17-12(23-18-14)7-16-11(19)6-15;/h4-5H,6-7,15H2,1-3H3,(H,16,19);1H. The van der Waals surface area contributed by atoms with E-state index in [2.05, 4.69) is 15.5 Å². The van der Waals surface area contributed by atoms with Gasteiger partial charge >= 0.3 is 0 Å². The van der Waals surface area contributed by atoms with Crippen molar-refractivity contribution in [3.8, 4) is 28.6 Å². The van der Waals surface area contributed by atoms with Crippen molar-refractivity contribution < 1.29 is 23.5 Å². The van der Waals surface area contributed by atoms with Gasteiger partial charge in [-0.25, -0.2) is 0 Å². The van der Waals surface area contributed by atoms with Gasteiger partial charge in [-0.3, -0.25) is 4.79 Å². The van der Waals surface area contributed by atoms with Gasteiger partial charge in [0.15, 0.2) is 11.5 Å². The minimum absolute atomic E-state index is 0. The van der Waals surface area contributed by atoms with Crippen LogP contribution < -0.4 is 25.3 Å². The van der Waals surface area contributed by atoms with Crippen LogP contribution in [0.3, 0.4) is 0 Å². The lowest BCUT2D eigenvalue weighted by molar-refractivity contribution is -0.120. The lowest BCUT2D eigenvalue weighted by Crippen LogP contribution is -2.29. The van der Waals surface area contributed by atoms with Gasteiger partial charge in [-0.15, -0.1) is 12.4 Å². The largest absolute Gasteiger partial charge is 0.493 e. The smallest absolute Gasteiger partial charge is 0.246 e. The number of hydrogen-bond acceptors (Lipinski definition) is 8. The Bertz CT molecular complexity index is 667. The van der Waals surface area contributed by atoms with E-state index in [-0.39, 0.29) is 37.3 Å². The van der Waals surface area contributed by atoms with Crippen LogP contribution in [0.1, 0.15) is 5.89 Å². The molecule has 0 atom stereocenters. The summed E-state index contributed by atoms with van der Waals surface area (Å²) in [6.45, 7) is 0.00132. The van der Waals surface area contributed by atoms with Crippen molar-refractivity contribution in [2.45, 2.75) is 6.54 Å². The zero-order valence-corrected chi connectivity index (χ0v) is 14.3. The summed E-state index contributed by atoms with van der Waals surface area (Å²) in [6, 6.07) is 3.41. The molecule has 9 nitrogen and oxygen atoms in total. The van der Waals surface area contributed by atoms with E-state index in [1.165, 1.54) is 21.3 Å². The molecule has 132 valence electrons. The first-order chi connectivity index (χ1) is 11.1. The summed E-state index contributed by atoms with van der Waals surface area (Å²) in [6.07, 6.45) is 0. The van der Waals surface area contributed by atoms with E-state index in [1.807, 2.05) is 0 Å². The molecule has 1 aromatic heterocycles. The summed E-state index contributed by atoms with van der Waals surface area (Å²) in [7, 11) is 4.56. The van der Waals surface area contributed by atoms with Crippen LogP contribution in [0.2, 0.25) is 0 Å². The maximum Gasteiger partial charge on any atom is 0.246 e. The van der Waals surface area contributed by atoms with Gasteiger partial charge in [-0.05, 0) is 12.1 Å². The fraction of sp³-hybridized carbons (Fsp3) is 0.357. The van der Waals surface area contributed by atoms with Gasteiger partial charge in [0, 0.05) is 5.56 Å². The number of hydrogen-bond donors (Lipinski definition) is 2. The summed E-state index contributed by atoms with van der Waals surface area (Å²) in [5.41, 5.74) is 5.83. The van der Waals surface area contributed by atoms with Crippen molar-refractivity contribution in [1.82, 2.24) is 15.5 Å². The average Bonchev–Trinajstić information content (AvgIpc) is 3.07. The van der Waals surface area contributed by atoms with Gasteiger partial charge in [-0.2, -0.15) is 4.98 Å². The number of methoxy groups -OCH3 is 3. The third kappa shape index (κ3) is 4.27. The summed E-state index contributed by atoms with van der Waals surface area (Å²) in [5, 5.41) is 6.42. The quantitative estimate of drug-likeness (QED) is 0.743. The first-order valence-electron chi connectivity index (χ1n) is 6.72. The number of nitrogens with two attached hydrogens (primary N) is 1. The topological polar surface area (TPSA) is 122 Å². The lowest BCUT2D eigenvalue weighted by Gasteiger charge is -2.12. The molecular weight excluding hydrogens is 340 g/mol. The number of halogens is 1. The Labute approximate surface area is 144 Å². The van der Waals surface area contributed by atoms with Crippen LogP contribution in [0.15, 0.2) is 16.7 Å². The zero-order valence-electron chi connectivity index (χ0n) is 13.5. The van der Waals surface area contributed by atoms with E-state index in [4.69, 9.17) is 24.5 Å². The molecule has 0 aliphatic carbocycles. The molecule has 0 aliphatic heterocycles. The molecule has 0 radical (unpaired) electrons. The zero-order chi connectivity index (χ0) is 16.8. The molecule has 0 spiro atoms. The number of carbonyl (C=O) groups is 1. The highest BCUT2D eigenvalue weighted by molar-refractivity contribution is 5.85. The minimum atomic E-state index is -0.308. The molecule has 0 bridgehead atoms. The molecule has 0 aliphatic rings. The molecule has 0 unspecified atom stereocenters. The van der Waals surface area contributed by atoms with Gasteiger partial charge in [0.1, 0.15) is 0 Å². The third-order valence-corrected chi connectivity index (χ3v) is 3.01. The normalized spacial score (nSPS) is 9.83. The van der Waals surface area contributed by atoms with Crippen LogP contribution in [0, 0.1) is 0 Å². The highest BCUT2D eigenvalue weighted by Gasteiger charge is 2.17. The second-order valence-electron chi connectivity index (χ2n) is 4.41. The van der Waals surface area contributed by atoms with Crippen LogP contribution in [-0.4, -0.2) is 43.9 Å². The molecule has 2 aromatic rings. The number of amides is 1. The first-order valence-corrected chi connectivity index (χ1v) is 6.72. The Morgan fingerprint density at radius 1 is 1.21 bits per heavy atom. The summed E-state index contributed by atoms with van der Waals surface area (Å²) < 4.78 is 20.9. The fourth-order valence-electron chi connectivity index (χ4n) is 1.90. The number of nitrogens with zero attached hydrogens (tertiary/aromatic N) is 2. The van der Waals surface area contributed by atoms with E-state index in [0.29, 0.717) is 28.6 Å². The molecule has 10 heteroatoms. The molecule has 0 saturated heterocycles. The number of rotatable bonds is 7. The maximum absolute atomic E-state index is 11.1. The van der Waals surface area contributed by atoms with Crippen molar-refractivity contribution in [3.63, 3.8) is 0 Å². The van der Waals surface area contributed by atoms with E-state index >= 15 is 0 Å². The average molecular weight is 359 g/mol. The molecule has 3 N–H and O–H groups in total. The summed E-state index contributed by atoms with van der Waals surface area (Å²) >= 11 is 0. The van der Waals surface area contributed by atoms with Crippen molar-refractivity contribution in [2.24, 2.45) is 5.73 Å². The minimum Gasteiger partial charge on any atom is -0.493 e. The second-order valence-corrected chi connectivity index (χ2v) is 4.41. The molecule has 2 rings (SSSR count). The number of nitrogens with one attached hydrogen (secondary N) is 1. The highest BCUT2D eigenvalue weighted by Crippen LogP contribution is 2.40. The van der Waals surface area contributed by atoms with Gasteiger partial charge in [0.2, 0.25) is 23.4 Å². The van der Waals surface area contributed by atoms with Crippen LogP contribution in [0.4, 0.5) is 0 Å². The Kier molecular flexibility index (Phi) is 7.28. The Morgan fingerprint density at radius 3 is 2.33 bits per heavy atom. The van der Waals surface area contributed by atoms with Crippen molar-refractivity contribution in [1.29, 1.82) is 0 Å². The molecule has 1 heterocycles. The van der Waals surface area contributed by atoms with Crippen LogP contribution in [-0.2, 0) is 11.3 Å². The van der Waals surface area contributed by atoms with Crippen LogP contribution in [0.5, 0.6) is 17.2 Å². The van der Waals surface area contributed by atoms with E-state index in [0.717, 1.165) is 0 Å². The number of ether oxygens (including phenoxy) is 3. The first kappa shape index (κ1) is 19.5. The van der Waals surface area contributed by atoms with Gasteiger partial charge in [0.05, 0.1) is 34.4 Å². The Morgan fingerprint density at radius 2 is 1.83 bits per heavy atom. The fourth-order valence-corrected chi connectivity index (χ4v) is 1.90. The van der Waals surface area contributed by atoms with Gasteiger partial charge in [0.25, 0.3) is 0 Å². The van der Waals surface area contributed by atoms with Crippen molar-refractivity contribution in [2.75, 3.05) is 27.9 Å². The van der Waals surface area contributed by atoms with Crippen molar-refractivity contribution >= 4 is 18.3 Å². The monoisotopic (exact) mass is 358 g/mol. The molecule has 0 fully saturated rings. The number of benzene rings is 1. The second kappa shape index (κ2) is 8.94. The van der Waals surface area contributed by atoms with Gasteiger partial charge in [-0.1, -0.05) is 5.16 Å². The molecule has 0 saturated carbocycles. The summed E-state index contributed by atoms with van der Waals surface area (Å²) in [4.78, 5) is 15.3. The van der Waals surface area contributed by atoms with Crippen LogP contribution >= 0.6 is 12.4 Å². The molecular formula is C14H19ClN4O5. The maximum atomic E-state index is 11.1. The lowest BCUT2D eigenvalue weighted by atomic mass is 10.1. The van der Waals surface area contributed by atoms with Gasteiger partial charge < -0.3 is 29.8 Å². The molecule has 24 heavy (non-hydrogen) atoms. The Hall–Kier alpha value is -2.52. The van der Waals surface area contributed by atoms with E-state index in [1.54, 1.807) is 12.1 Å². The molecule has 1 amide bonds. The third-order valence-electron chi connectivity index (χ3n) is 3.01.